The first-order valence-corrected chi connectivity index (χ1v) is 6.17. The van der Waals surface area contributed by atoms with Crippen LogP contribution in [0.15, 0.2) is 54.6 Å². The third-order valence-corrected chi connectivity index (χ3v) is 3.51. The van der Waals surface area contributed by atoms with E-state index < -0.39 is 0 Å². The van der Waals surface area contributed by atoms with Crippen LogP contribution in [0, 0.1) is 0 Å². The Morgan fingerprint density at radius 2 is 1.67 bits per heavy atom. The van der Waals surface area contributed by atoms with Crippen molar-refractivity contribution in [2.45, 2.75) is 0 Å². The quantitative estimate of drug-likeness (QED) is 0.522. The fourth-order valence-corrected chi connectivity index (χ4v) is 2.67. The molecule has 3 aromatic rings. The minimum absolute atomic E-state index is 0.662. The molecule has 0 aliphatic carbocycles. The first kappa shape index (κ1) is 9.72. The van der Waals surface area contributed by atoms with E-state index in [2.05, 4.69) is 60.7 Å². The molecule has 0 N–H and O–H groups in total. The van der Waals surface area contributed by atoms with E-state index in [1.54, 1.807) is 0 Å². The standard InChI is InChI=1S/C17H12O/c1-2-6-15-12(4-1)7-8-13-9-10-14-5-3-11-18-17(14)16(13)15/h1-10H,11H2. The van der Waals surface area contributed by atoms with Gasteiger partial charge in [-0.1, -0.05) is 54.6 Å². The van der Waals surface area contributed by atoms with Crippen molar-refractivity contribution in [3.8, 4) is 5.75 Å². The van der Waals surface area contributed by atoms with Crippen LogP contribution in [0.3, 0.4) is 0 Å². The van der Waals surface area contributed by atoms with E-state index in [1.807, 2.05) is 0 Å². The summed E-state index contributed by atoms with van der Waals surface area (Å²) in [5.74, 6) is 1.02. The van der Waals surface area contributed by atoms with Gasteiger partial charge in [-0.3, -0.25) is 0 Å². The molecule has 1 nitrogen and oxygen atoms in total. The van der Waals surface area contributed by atoms with Crippen LogP contribution in [-0.4, -0.2) is 6.61 Å². The van der Waals surface area contributed by atoms with Gasteiger partial charge in [-0.2, -0.15) is 0 Å². The van der Waals surface area contributed by atoms with Gasteiger partial charge in [0.25, 0.3) is 0 Å². The fourth-order valence-electron chi connectivity index (χ4n) is 2.67. The second-order valence-corrected chi connectivity index (χ2v) is 4.58. The summed E-state index contributed by atoms with van der Waals surface area (Å²) >= 11 is 0. The van der Waals surface area contributed by atoms with Crippen LogP contribution < -0.4 is 4.74 Å². The molecule has 0 aromatic heterocycles. The van der Waals surface area contributed by atoms with Gasteiger partial charge in [0.05, 0.1) is 0 Å². The molecule has 1 aliphatic rings. The number of hydrogen-bond acceptors (Lipinski definition) is 1. The van der Waals surface area contributed by atoms with Gasteiger partial charge >= 0.3 is 0 Å². The van der Waals surface area contributed by atoms with Crippen LogP contribution in [0.4, 0.5) is 0 Å². The Bertz CT molecular complexity index is 784. The largest absolute Gasteiger partial charge is 0.488 e. The maximum atomic E-state index is 5.86. The van der Waals surface area contributed by atoms with Gasteiger partial charge in [0.1, 0.15) is 12.4 Å². The molecule has 0 amide bonds. The summed E-state index contributed by atoms with van der Waals surface area (Å²) in [5, 5.41) is 5.00. The molecule has 0 unspecified atom stereocenters. The Hall–Kier alpha value is -2.28. The molecule has 0 spiro atoms. The summed E-state index contributed by atoms with van der Waals surface area (Å²) in [6.07, 6.45) is 4.19. The average molecular weight is 232 g/mol. The first-order chi connectivity index (χ1) is 8.93. The van der Waals surface area contributed by atoms with Gasteiger partial charge in [-0.15, -0.1) is 0 Å². The molecule has 1 aliphatic heterocycles. The van der Waals surface area contributed by atoms with Gasteiger partial charge in [0.15, 0.2) is 0 Å². The lowest BCUT2D eigenvalue weighted by Gasteiger charge is -2.16. The number of benzene rings is 3. The minimum Gasteiger partial charge on any atom is -0.488 e. The van der Waals surface area contributed by atoms with Crippen molar-refractivity contribution >= 4 is 27.6 Å². The summed E-state index contributed by atoms with van der Waals surface area (Å²) < 4.78 is 5.86. The Kier molecular flexibility index (Phi) is 1.95. The predicted octanol–water partition coefficient (Wildman–Crippen LogP) is 4.40. The highest BCUT2D eigenvalue weighted by atomic mass is 16.5. The zero-order chi connectivity index (χ0) is 11.9. The monoisotopic (exact) mass is 232 g/mol. The first-order valence-electron chi connectivity index (χ1n) is 6.17. The van der Waals surface area contributed by atoms with E-state index in [9.17, 15) is 0 Å². The molecule has 4 rings (SSSR count). The molecule has 18 heavy (non-hydrogen) atoms. The van der Waals surface area contributed by atoms with Gasteiger partial charge < -0.3 is 4.74 Å². The number of rotatable bonds is 0. The summed E-state index contributed by atoms with van der Waals surface area (Å²) in [5.41, 5.74) is 1.17. The summed E-state index contributed by atoms with van der Waals surface area (Å²) in [6, 6.07) is 17.1. The van der Waals surface area contributed by atoms with E-state index in [4.69, 9.17) is 4.74 Å². The second-order valence-electron chi connectivity index (χ2n) is 4.58. The normalized spacial score (nSPS) is 13.6. The number of fused-ring (bicyclic) bond motifs is 5. The van der Waals surface area contributed by atoms with Crippen molar-refractivity contribution in [2.75, 3.05) is 6.61 Å². The molecule has 1 heterocycles. The molecular formula is C17H12O. The lowest BCUT2D eigenvalue weighted by atomic mass is 9.98. The third-order valence-electron chi connectivity index (χ3n) is 3.51. The van der Waals surface area contributed by atoms with E-state index in [1.165, 1.54) is 27.1 Å². The highest BCUT2D eigenvalue weighted by molar-refractivity contribution is 6.11. The van der Waals surface area contributed by atoms with Gasteiger partial charge in [0.2, 0.25) is 0 Å². The second kappa shape index (κ2) is 3.61. The van der Waals surface area contributed by atoms with Gasteiger partial charge in [-0.05, 0) is 22.2 Å². The maximum Gasteiger partial charge on any atom is 0.135 e. The molecule has 0 saturated carbocycles. The fraction of sp³-hybridized carbons (Fsp3) is 0.0588. The topological polar surface area (TPSA) is 9.23 Å². The van der Waals surface area contributed by atoms with Crippen LogP contribution in [0.2, 0.25) is 0 Å². The number of hydrogen-bond donors (Lipinski definition) is 0. The maximum absolute atomic E-state index is 5.86. The van der Waals surface area contributed by atoms with Crippen LogP contribution in [0.1, 0.15) is 5.56 Å². The molecule has 0 bridgehead atoms. The van der Waals surface area contributed by atoms with Crippen LogP contribution in [0.5, 0.6) is 5.75 Å². The van der Waals surface area contributed by atoms with Crippen molar-refractivity contribution in [1.29, 1.82) is 0 Å². The van der Waals surface area contributed by atoms with Crippen LogP contribution in [-0.2, 0) is 0 Å². The van der Waals surface area contributed by atoms with Crippen molar-refractivity contribution in [3.63, 3.8) is 0 Å². The average Bonchev–Trinajstić information content (AvgIpc) is 2.46. The van der Waals surface area contributed by atoms with Crippen molar-refractivity contribution in [1.82, 2.24) is 0 Å². The van der Waals surface area contributed by atoms with Crippen molar-refractivity contribution < 1.29 is 4.74 Å². The lowest BCUT2D eigenvalue weighted by Crippen LogP contribution is -2.00. The molecule has 1 heteroatoms. The molecule has 0 radical (unpaired) electrons. The molecule has 86 valence electrons. The van der Waals surface area contributed by atoms with Crippen LogP contribution >= 0.6 is 0 Å². The Labute approximate surface area is 105 Å². The Morgan fingerprint density at radius 3 is 2.67 bits per heavy atom. The number of ether oxygens (including phenoxy) is 1. The van der Waals surface area contributed by atoms with E-state index in [0.717, 1.165) is 5.75 Å². The molecule has 0 atom stereocenters. The van der Waals surface area contributed by atoms with Crippen LogP contribution in [0.25, 0.3) is 27.6 Å². The molecule has 0 saturated heterocycles. The van der Waals surface area contributed by atoms with Crippen molar-refractivity contribution in [2.24, 2.45) is 0 Å². The zero-order valence-electron chi connectivity index (χ0n) is 9.89. The third kappa shape index (κ3) is 1.28. The van der Waals surface area contributed by atoms with Gasteiger partial charge in [0, 0.05) is 10.9 Å². The van der Waals surface area contributed by atoms with Crippen molar-refractivity contribution in [3.05, 3.63) is 60.2 Å². The molecule has 3 aromatic carbocycles. The summed E-state index contributed by atoms with van der Waals surface area (Å²) in [4.78, 5) is 0. The smallest absolute Gasteiger partial charge is 0.135 e. The highest BCUT2D eigenvalue weighted by Gasteiger charge is 2.12. The summed E-state index contributed by atoms with van der Waals surface area (Å²) in [7, 11) is 0. The Balaban J connectivity index is 2.25. The lowest BCUT2D eigenvalue weighted by molar-refractivity contribution is 0.363. The minimum atomic E-state index is 0.662. The van der Waals surface area contributed by atoms with E-state index in [-0.39, 0.29) is 0 Å². The SMILES string of the molecule is C1=Cc2ccc3ccc4ccccc4c3c2OC1. The molecular weight excluding hydrogens is 220 g/mol. The van der Waals surface area contributed by atoms with Gasteiger partial charge in [-0.25, -0.2) is 0 Å². The van der Waals surface area contributed by atoms with E-state index in [0.29, 0.717) is 6.61 Å². The Morgan fingerprint density at radius 1 is 0.833 bits per heavy atom. The highest BCUT2D eigenvalue weighted by Crippen LogP contribution is 2.37. The summed E-state index contributed by atoms with van der Waals surface area (Å²) in [6.45, 7) is 0.662. The zero-order valence-corrected chi connectivity index (χ0v) is 9.89. The predicted molar refractivity (Wildman–Crippen MR) is 76.0 cm³/mol. The molecule has 0 fully saturated rings. The van der Waals surface area contributed by atoms with E-state index >= 15 is 0 Å².